The zero-order valence-electron chi connectivity index (χ0n) is 66.7. The maximum atomic E-state index is 15.1. The Morgan fingerprint density at radius 2 is 0.647 bits per heavy atom. The lowest BCUT2D eigenvalue weighted by Crippen LogP contribution is -2.28. The van der Waals surface area contributed by atoms with E-state index in [9.17, 15) is 21.0 Å². The highest BCUT2D eigenvalue weighted by Crippen LogP contribution is 2.71. The van der Waals surface area contributed by atoms with Crippen molar-refractivity contribution in [2.24, 2.45) is 23.7 Å². The van der Waals surface area contributed by atoms with Crippen LogP contribution in [0.2, 0.25) is 20.1 Å². The number of ether oxygens (including phenoxy) is 4. The van der Waals surface area contributed by atoms with Gasteiger partial charge in [0.25, 0.3) is 0 Å². The summed E-state index contributed by atoms with van der Waals surface area (Å²) in [6.07, 6.45) is 20.9. The van der Waals surface area contributed by atoms with Crippen LogP contribution in [0, 0.1) is 69.0 Å². The quantitative estimate of drug-likeness (QED) is 0.0280. The molecule has 18 heteroatoms. The first-order chi connectivity index (χ1) is 56.4. The third-order valence-electron chi connectivity index (χ3n) is 23.9. The fourth-order valence-electron chi connectivity index (χ4n) is 17.2. The summed E-state index contributed by atoms with van der Waals surface area (Å²) >= 11 is 33.4. The van der Waals surface area contributed by atoms with Gasteiger partial charge < -0.3 is 18.9 Å². The summed E-state index contributed by atoms with van der Waals surface area (Å²) in [6.45, 7) is 20.2. The van der Waals surface area contributed by atoms with E-state index in [0.29, 0.717) is 61.2 Å². The first-order valence-electron chi connectivity index (χ1n) is 40.9. The minimum atomic E-state index is -1.08. The number of nitriles is 4. The van der Waals surface area contributed by atoms with Crippen molar-refractivity contribution in [2.75, 3.05) is 26.4 Å². The number of rotatable bonds is 34. The summed E-state index contributed by atoms with van der Waals surface area (Å²) in [7, 11) is 0. The molecule has 0 amide bonds. The van der Waals surface area contributed by atoms with Gasteiger partial charge in [-0.3, -0.25) is 9.59 Å². The molecule has 4 unspecified atom stereocenters. The lowest BCUT2D eigenvalue weighted by Gasteiger charge is -2.33. The molecular weight excluding hydrogens is 1600 g/mol. The van der Waals surface area contributed by atoms with Crippen LogP contribution in [0.25, 0.3) is 53.6 Å². The standard InChI is InChI=1S/C98H92Cl4N4O6S4/c1-9-17-21-57(13-5)53-109-67-33-25-63(26-34-67)97(64-27-35-68(36-28-64)110-54-58(14-6)22-18-10-2)87-91(79-43-71(113-95(79)97)41-77-85(61(49-103)50-104)73-45-81(99)83(101)47-75(73)89(77)107)115-94-88-92(116-93(87)94)80-44-72(42-78-86(62(51-105)52-106)74-46-82(100)84(102)48-76(74)90(78)108)114-96(80)98(88,65-29-37-69(38-30-65)111-55-59(15-7)23-19-11-3)66-31-39-70(40-32-66)112-56-60(16-8)24-20-12-4/h25-48,57-60H,9-24,53-56H2,1-8H3/b77-41-,78-42-. The summed E-state index contributed by atoms with van der Waals surface area (Å²) in [4.78, 5) is 35.8. The number of benzene rings is 6. The van der Waals surface area contributed by atoms with E-state index in [1.165, 1.54) is 12.1 Å². The summed E-state index contributed by atoms with van der Waals surface area (Å²) in [5.41, 5.74) is 7.43. The van der Waals surface area contributed by atoms with Gasteiger partial charge in [-0.25, -0.2) is 0 Å². The molecule has 4 heterocycles. The summed E-state index contributed by atoms with van der Waals surface area (Å²) in [6, 6.07) is 53.5. The van der Waals surface area contributed by atoms with E-state index < -0.39 is 10.8 Å². The number of carbonyl (C=O) groups is 2. The number of fused-ring (bicyclic) bond motifs is 11. The van der Waals surface area contributed by atoms with Crippen LogP contribution in [-0.4, -0.2) is 38.0 Å². The Bertz CT molecular complexity index is 5220. The zero-order valence-corrected chi connectivity index (χ0v) is 73.0. The Morgan fingerprint density at radius 1 is 0.379 bits per heavy atom. The molecule has 4 aromatic heterocycles. The lowest BCUT2D eigenvalue weighted by atomic mass is 9.70. The molecule has 4 aliphatic carbocycles. The molecule has 14 rings (SSSR count). The maximum Gasteiger partial charge on any atom is 0.194 e. The Kier molecular flexibility index (Phi) is 26.3. The second-order valence-electron chi connectivity index (χ2n) is 30.9. The topological polar surface area (TPSA) is 166 Å². The summed E-state index contributed by atoms with van der Waals surface area (Å²) in [5.74, 6) is 3.82. The normalized spacial score (nSPS) is 17.2. The van der Waals surface area contributed by atoms with Gasteiger partial charge >= 0.3 is 0 Å². The van der Waals surface area contributed by atoms with Crippen LogP contribution in [0.4, 0.5) is 0 Å². The van der Waals surface area contributed by atoms with Crippen molar-refractivity contribution in [1.29, 1.82) is 21.0 Å². The van der Waals surface area contributed by atoms with Crippen LogP contribution in [-0.2, 0) is 10.8 Å². The first-order valence-corrected chi connectivity index (χ1v) is 45.7. The van der Waals surface area contributed by atoms with Crippen molar-refractivity contribution < 1.29 is 28.5 Å². The SMILES string of the molecule is CCCCC(CC)COc1ccc(C2(c3ccc(OCC(CC)CCCC)cc3)c3sc(/C=C4\C(=O)c5cc(Cl)c(Cl)cc5C4=C(C#N)C#N)cc3-c3sc4c5c(sc4c32)-c2cc(/C=C3\C(=O)c4cc(Cl)c(Cl)cc4C3=C(C#N)C#N)sc2C5(c2ccc(OCC(CC)CCCC)cc2)c2ccc(OCC(CC)CCCC)cc2)cc1. The molecule has 0 spiro atoms. The van der Waals surface area contributed by atoms with E-state index in [1.54, 1.807) is 57.5 Å². The number of allylic oxidation sites excluding steroid dienone is 6. The molecule has 4 atom stereocenters. The van der Waals surface area contributed by atoms with Crippen LogP contribution in [0.15, 0.2) is 156 Å². The molecule has 0 fully saturated rings. The van der Waals surface area contributed by atoms with Gasteiger partial charge in [-0.05, 0) is 180 Å². The molecular formula is C98H92Cl4N4O6S4. The largest absolute Gasteiger partial charge is 0.493 e. The van der Waals surface area contributed by atoms with Crippen LogP contribution < -0.4 is 18.9 Å². The molecule has 10 aromatic rings. The van der Waals surface area contributed by atoms with Gasteiger partial charge in [0.2, 0.25) is 0 Å². The highest BCUT2D eigenvalue weighted by atomic mass is 35.5. The predicted octanol–water partition coefficient (Wildman–Crippen LogP) is 29.0. The fraction of sp³-hybridized carbons (Fsp3) is 0.347. The van der Waals surface area contributed by atoms with Crippen LogP contribution in [0.1, 0.15) is 243 Å². The molecule has 116 heavy (non-hydrogen) atoms. The van der Waals surface area contributed by atoms with E-state index >= 15 is 9.59 Å². The van der Waals surface area contributed by atoms with E-state index in [-0.39, 0.29) is 76.2 Å². The van der Waals surface area contributed by atoms with Gasteiger partial charge in [0.05, 0.1) is 66.7 Å². The van der Waals surface area contributed by atoms with Crippen molar-refractivity contribution in [1.82, 2.24) is 0 Å². The van der Waals surface area contributed by atoms with Gasteiger partial charge in [0, 0.05) is 84.9 Å². The molecule has 10 nitrogen and oxygen atoms in total. The maximum absolute atomic E-state index is 15.1. The van der Waals surface area contributed by atoms with Gasteiger partial charge in [0.15, 0.2) is 11.6 Å². The van der Waals surface area contributed by atoms with Crippen LogP contribution >= 0.6 is 91.8 Å². The number of nitrogens with zero attached hydrogens (tertiary/aromatic N) is 4. The number of Topliss-reactive ketones (excluding diaryl/α,β-unsaturated/α-hetero) is 2. The Morgan fingerprint density at radius 3 is 0.897 bits per heavy atom. The molecule has 0 N–H and O–H groups in total. The van der Waals surface area contributed by atoms with Gasteiger partial charge in [-0.15, -0.1) is 45.3 Å². The Hall–Kier alpha value is -9.00. The molecule has 0 radical (unpaired) electrons. The summed E-state index contributed by atoms with van der Waals surface area (Å²) < 4.78 is 29.2. The number of carbonyl (C=O) groups excluding carboxylic acids is 2. The zero-order chi connectivity index (χ0) is 81.7. The number of ketones is 2. The average Bonchev–Trinajstić information content (AvgIpc) is 1.48. The second-order valence-corrected chi connectivity index (χ2v) is 36.7. The van der Waals surface area contributed by atoms with E-state index in [4.69, 9.17) is 65.4 Å². The van der Waals surface area contributed by atoms with E-state index in [0.717, 1.165) is 209 Å². The Labute approximate surface area is 717 Å². The third kappa shape index (κ3) is 15.5. The van der Waals surface area contributed by atoms with Gasteiger partial charge in [-0.1, -0.05) is 227 Å². The molecule has 0 bridgehead atoms. The van der Waals surface area contributed by atoms with Crippen molar-refractivity contribution in [2.45, 2.75) is 169 Å². The molecule has 0 aliphatic heterocycles. The molecule has 6 aromatic carbocycles. The highest BCUT2D eigenvalue weighted by Gasteiger charge is 2.56. The fourth-order valence-corrected chi connectivity index (χ4v) is 23.9. The predicted molar refractivity (Wildman–Crippen MR) is 479 cm³/mol. The second kappa shape index (κ2) is 36.5. The van der Waals surface area contributed by atoms with Crippen molar-refractivity contribution in [3.8, 4) is 68.2 Å². The highest BCUT2D eigenvalue weighted by molar-refractivity contribution is 7.32. The molecule has 0 saturated heterocycles. The van der Waals surface area contributed by atoms with Crippen molar-refractivity contribution >= 4 is 136 Å². The van der Waals surface area contributed by atoms with E-state index in [1.807, 2.05) is 12.2 Å². The number of hydrogen-bond donors (Lipinski definition) is 0. The molecule has 0 saturated carbocycles. The first kappa shape index (κ1) is 83.5. The number of thiophene rings is 4. The smallest absolute Gasteiger partial charge is 0.194 e. The van der Waals surface area contributed by atoms with Gasteiger partial charge in [-0.2, -0.15) is 21.0 Å². The van der Waals surface area contributed by atoms with Crippen LogP contribution in [0.5, 0.6) is 23.0 Å². The number of hydrogen-bond acceptors (Lipinski definition) is 14. The Balaban J connectivity index is 1.06. The number of unbranched alkanes of at least 4 members (excludes halogenated alkanes) is 4. The third-order valence-corrected chi connectivity index (χ3v) is 30.4. The molecule has 592 valence electrons. The van der Waals surface area contributed by atoms with Crippen molar-refractivity contribution in [3.63, 3.8) is 0 Å². The number of halogens is 4. The average molecular weight is 1690 g/mol. The van der Waals surface area contributed by atoms with Crippen LogP contribution in [0.3, 0.4) is 0 Å². The minimum Gasteiger partial charge on any atom is -0.493 e. The monoisotopic (exact) mass is 1690 g/mol. The lowest BCUT2D eigenvalue weighted by molar-refractivity contribution is 0.103. The van der Waals surface area contributed by atoms with E-state index in [2.05, 4.69) is 189 Å². The summed E-state index contributed by atoms with van der Waals surface area (Å²) in [5, 5.41) is 43.4. The van der Waals surface area contributed by atoms with Gasteiger partial charge in [0.1, 0.15) is 58.4 Å². The minimum absolute atomic E-state index is 0.176. The molecule has 4 aliphatic rings. The van der Waals surface area contributed by atoms with Crippen molar-refractivity contribution in [3.05, 3.63) is 251 Å².